The summed E-state index contributed by atoms with van der Waals surface area (Å²) in [6, 6.07) is 17.3. The van der Waals surface area contributed by atoms with Gasteiger partial charge in [0.15, 0.2) is 6.29 Å². The summed E-state index contributed by atoms with van der Waals surface area (Å²) in [6.45, 7) is 0.0719. The van der Waals surface area contributed by atoms with E-state index in [9.17, 15) is 9.59 Å². The second-order valence-electron chi connectivity index (χ2n) is 8.49. The summed E-state index contributed by atoms with van der Waals surface area (Å²) in [7, 11) is 0. The molecule has 1 aliphatic heterocycles. The van der Waals surface area contributed by atoms with E-state index in [0.717, 1.165) is 17.5 Å². The van der Waals surface area contributed by atoms with Crippen molar-refractivity contribution in [2.24, 2.45) is 11.7 Å². The standard InChI is InChI=1S/C26H27ClN2O6/c27-22-10-7-18(8-11-22)6-9-20(19-4-2-1-3-5-19)14-23(31)35-26(28,17-30)21-15-33-25(34-16-21)24-29-12-13-32-24/h1-5,7-8,10-13,17,20-21,25H,6,9,14-16,28H2. The number of esters is 1. The zero-order valence-electron chi connectivity index (χ0n) is 19.0. The summed E-state index contributed by atoms with van der Waals surface area (Å²) in [5.41, 5.74) is 6.45. The minimum absolute atomic E-state index is 0.0360. The lowest BCUT2D eigenvalue weighted by Gasteiger charge is -2.36. The number of aldehydes is 1. The molecular weight excluding hydrogens is 472 g/mol. The van der Waals surface area contributed by atoms with Crippen molar-refractivity contribution in [3.8, 4) is 0 Å². The smallest absolute Gasteiger partial charge is 0.308 e. The highest BCUT2D eigenvalue weighted by atomic mass is 35.5. The highest BCUT2D eigenvalue weighted by Gasteiger charge is 2.43. The summed E-state index contributed by atoms with van der Waals surface area (Å²) < 4.78 is 21.9. The Hall–Kier alpha value is -3.04. The van der Waals surface area contributed by atoms with Crippen LogP contribution < -0.4 is 5.73 Å². The maximum Gasteiger partial charge on any atom is 0.308 e. The van der Waals surface area contributed by atoms with Crippen LogP contribution >= 0.6 is 11.6 Å². The van der Waals surface area contributed by atoms with E-state index in [1.165, 1.54) is 12.5 Å². The molecule has 2 N–H and O–H groups in total. The quantitative estimate of drug-likeness (QED) is 0.251. The molecule has 1 aromatic heterocycles. The fraction of sp³-hybridized carbons (Fsp3) is 0.346. The number of aryl methyl sites for hydroxylation is 1. The van der Waals surface area contributed by atoms with Gasteiger partial charge in [-0.3, -0.25) is 15.3 Å². The number of nitrogens with zero attached hydrogens (tertiary/aromatic N) is 1. The summed E-state index contributed by atoms with van der Waals surface area (Å²) >= 11 is 5.99. The van der Waals surface area contributed by atoms with Crippen LogP contribution in [0.1, 0.15) is 42.1 Å². The number of hydrogen-bond acceptors (Lipinski definition) is 8. The summed E-state index contributed by atoms with van der Waals surface area (Å²) in [6.07, 6.45) is 4.03. The molecule has 0 amide bonds. The molecule has 3 aromatic rings. The van der Waals surface area contributed by atoms with Crippen molar-refractivity contribution < 1.29 is 28.2 Å². The molecule has 1 aliphatic rings. The van der Waals surface area contributed by atoms with Gasteiger partial charge in [0.1, 0.15) is 6.26 Å². The fourth-order valence-electron chi connectivity index (χ4n) is 4.00. The van der Waals surface area contributed by atoms with Gasteiger partial charge in [0, 0.05) is 5.02 Å². The molecule has 2 aromatic carbocycles. The Labute approximate surface area is 208 Å². The molecule has 0 spiro atoms. The first-order valence-corrected chi connectivity index (χ1v) is 11.7. The van der Waals surface area contributed by atoms with Crippen molar-refractivity contribution in [1.82, 2.24) is 4.98 Å². The van der Waals surface area contributed by atoms with Gasteiger partial charge < -0.3 is 18.6 Å². The zero-order valence-corrected chi connectivity index (χ0v) is 19.8. The molecule has 35 heavy (non-hydrogen) atoms. The molecular formula is C26H27ClN2O6. The number of nitrogens with two attached hydrogens (primary N) is 1. The van der Waals surface area contributed by atoms with Crippen LogP contribution in [0.2, 0.25) is 5.02 Å². The summed E-state index contributed by atoms with van der Waals surface area (Å²) in [4.78, 5) is 28.9. The number of hydrogen-bond donors (Lipinski definition) is 1. The second-order valence-corrected chi connectivity index (χ2v) is 8.92. The average molecular weight is 499 g/mol. The molecule has 1 saturated heterocycles. The van der Waals surface area contributed by atoms with E-state index in [-0.39, 0.29) is 31.4 Å². The van der Waals surface area contributed by atoms with Crippen LogP contribution in [0.3, 0.4) is 0 Å². The summed E-state index contributed by atoms with van der Waals surface area (Å²) in [5, 5.41) is 0.674. The van der Waals surface area contributed by atoms with Crippen LogP contribution in [-0.4, -0.2) is 36.2 Å². The highest BCUT2D eigenvalue weighted by Crippen LogP contribution is 2.31. The number of rotatable bonds is 10. The number of aromatic nitrogens is 1. The van der Waals surface area contributed by atoms with Crippen LogP contribution in [0.5, 0.6) is 0 Å². The van der Waals surface area contributed by atoms with Gasteiger partial charge in [-0.05, 0) is 42.0 Å². The molecule has 0 aliphatic carbocycles. The topological polar surface area (TPSA) is 114 Å². The van der Waals surface area contributed by atoms with Gasteiger partial charge in [-0.2, -0.15) is 0 Å². The third-order valence-electron chi connectivity index (χ3n) is 6.04. The SMILES string of the molecule is NC(C=O)(OC(=O)CC(CCc1ccc(Cl)cc1)c1ccccc1)C1COC(c2ncco2)OC1. The number of carbonyl (C=O) groups is 2. The van der Waals surface area contributed by atoms with E-state index in [2.05, 4.69) is 4.98 Å². The van der Waals surface area contributed by atoms with E-state index < -0.39 is 23.9 Å². The van der Waals surface area contributed by atoms with Gasteiger partial charge in [-0.1, -0.05) is 54.1 Å². The van der Waals surface area contributed by atoms with Gasteiger partial charge in [0.25, 0.3) is 5.89 Å². The molecule has 2 unspecified atom stereocenters. The van der Waals surface area contributed by atoms with Gasteiger partial charge in [-0.25, -0.2) is 4.98 Å². The molecule has 2 heterocycles. The third kappa shape index (κ3) is 6.55. The minimum atomic E-state index is -1.88. The Kier molecular flexibility index (Phi) is 8.30. The first-order valence-electron chi connectivity index (χ1n) is 11.4. The van der Waals surface area contributed by atoms with Crippen molar-refractivity contribution in [2.45, 2.75) is 37.2 Å². The number of halogens is 1. The molecule has 8 nitrogen and oxygen atoms in total. The lowest BCUT2D eigenvalue weighted by Crippen LogP contribution is -2.57. The number of oxazole rings is 1. The van der Waals surface area contributed by atoms with Crippen LogP contribution in [0.25, 0.3) is 0 Å². The normalized spacial score (nSPS) is 20.5. The molecule has 2 atom stereocenters. The molecule has 0 saturated carbocycles. The number of carbonyl (C=O) groups excluding carboxylic acids is 2. The Morgan fingerprint density at radius 3 is 2.51 bits per heavy atom. The summed E-state index contributed by atoms with van der Waals surface area (Å²) in [5.74, 6) is -1.11. The lowest BCUT2D eigenvalue weighted by molar-refractivity contribution is -0.242. The van der Waals surface area contributed by atoms with Gasteiger partial charge in [-0.15, -0.1) is 0 Å². The number of benzene rings is 2. The monoisotopic (exact) mass is 498 g/mol. The van der Waals surface area contributed by atoms with Crippen molar-refractivity contribution in [3.63, 3.8) is 0 Å². The zero-order chi connectivity index (χ0) is 24.7. The number of ether oxygens (including phenoxy) is 3. The second kappa shape index (κ2) is 11.6. The van der Waals surface area contributed by atoms with Crippen LogP contribution in [0, 0.1) is 5.92 Å². The van der Waals surface area contributed by atoms with Gasteiger partial charge in [0.05, 0.1) is 31.7 Å². The molecule has 0 radical (unpaired) electrons. The predicted molar refractivity (Wildman–Crippen MR) is 127 cm³/mol. The lowest BCUT2D eigenvalue weighted by atomic mass is 9.89. The molecule has 184 valence electrons. The van der Waals surface area contributed by atoms with E-state index >= 15 is 0 Å². The van der Waals surface area contributed by atoms with Crippen molar-refractivity contribution in [3.05, 3.63) is 89.1 Å². The maximum absolute atomic E-state index is 13.0. The van der Waals surface area contributed by atoms with E-state index in [1.807, 2.05) is 54.6 Å². The molecule has 4 rings (SSSR count). The Morgan fingerprint density at radius 2 is 1.89 bits per heavy atom. The van der Waals surface area contributed by atoms with E-state index in [4.69, 9.17) is 36.0 Å². The maximum atomic E-state index is 13.0. The van der Waals surface area contributed by atoms with Crippen molar-refractivity contribution >= 4 is 23.9 Å². The molecule has 1 fully saturated rings. The van der Waals surface area contributed by atoms with Crippen LogP contribution in [0.4, 0.5) is 0 Å². The molecule has 9 heteroatoms. The Bertz CT molecular complexity index is 1080. The van der Waals surface area contributed by atoms with Gasteiger partial charge >= 0.3 is 5.97 Å². The predicted octanol–water partition coefficient (Wildman–Crippen LogP) is 4.19. The van der Waals surface area contributed by atoms with E-state index in [0.29, 0.717) is 17.7 Å². The minimum Gasteiger partial charge on any atom is -0.444 e. The largest absolute Gasteiger partial charge is 0.444 e. The molecule has 0 bridgehead atoms. The first-order chi connectivity index (χ1) is 17.0. The average Bonchev–Trinajstić information content (AvgIpc) is 3.43. The van der Waals surface area contributed by atoms with E-state index in [1.54, 1.807) is 0 Å². The highest BCUT2D eigenvalue weighted by molar-refractivity contribution is 6.30. The Morgan fingerprint density at radius 1 is 1.17 bits per heavy atom. The van der Waals surface area contributed by atoms with Crippen molar-refractivity contribution in [1.29, 1.82) is 0 Å². The van der Waals surface area contributed by atoms with Crippen LogP contribution in [-0.2, 0) is 30.2 Å². The third-order valence-corrected chi connectivity index (χ3v) is 6.29. The van der Waals surface area contributed by atoms with Gasteiger partial charge in [0.2, 0.25) is 12.0 Å². The first kappa shape index (κ1) is 25.1. The van der Waals surface area contributed by atoms with Crippen LogP contribution in [0.15, 0.2) is 71.5 Å². The van der Waals surface area contributed by atoms with Crippen molar-refractivity contribution in [2.75, 3.05) is 13.2 Å². The fourth-order valence-corrected chi connectivity index (χ4v) is 4.13. The Balaban J connectivity index is 1.38.